The minimum Gasteiger partial charge on any atom is -0.392 e. The zero-order chi connectivity index (χ0) is 13.0. The number of aliphatic hydroxyl groups is 1. The summed E-state index contributed by atoms with van der Waals surface area (Å²) in [6.07, 6.45) is 1.53. The molecule has 18 heavy (non-hydrogen) atoms. The molecule has 1 heterocycles. The number of nitrogens with one attached hydrogen (secondary N) is 1. The Labute approximate surface area is 109 Å². The lowest BCUT2D eigenvalue weighted by atomic mass is 10.2. The number of halogens is 1. The number of hydrogen-bond donors (Lipinski definition) is 2. The molecule has 0 fully saturated rings. The number of amides is 1. The van der Waals surface area contributed by atoms with E-state index >= 15 is 0 Å². The van der Waals surface area contributed by atoms with Crippen molar-refractivity contribution in [3.05, 3.63) is 58.7 Å². The van der Waals surface area contributed by atoms with Gasteiger partial charge in [-0.05, 0) is 42.0 Å². The third-order valence-electron chi connectivity index (χ3n) is 2.35. The highest BCUT2D eigenvalue weighted by Gasteiger charge is 2.06. The molecule has 4 nitrogen and oxygen atoms in total. The maximum atomic E-state index is 11.9. The summed E-state index contributed by atoms with van der Waals surface area (Å²) in [5.41, 5.74) is 1.19. The van der Waals surface area contributed by atoms with Crippen LogP contribution in [0.2, 0.25) is 5.02 Å². The van der Waals surface area contributed by atoms with Crippen LogP contribution in [-0.4, -0.2) is 16.0 Å². The molecule has 0 aliphatic rings. The van der Waals surface area contributed by atoms with Crippen molar-refractivity contribution in [1.82, 2.24) is 4.98 Å². The predicted molar refractivity (Wildman–Crippen MR) is 69.6 cm³/mol. The van der Waals surface area contributed by atoms with E-state index in [1.54, 1.807) is 36.4 Å². The van der Waals surface area contributed by atoms with Crippen molar-refractivity contribution in [3.63, 3.8) is 0 Å². The summed E-state index contributed by atoms with van der Waals surface area (Å²) in [5, 5.41) is 12.2. The van der Waals surface area contributed by atoms with Crippen molar-refractivity contribution in [2.75, 3.05) is 5.32 Å². The van der Waals surface area contributed by atoms with E-state index in [0.29, 0.717) is 22.0 Å². The van der Waals surface area contributed by atoms with Gasteiger partial charge in [-0.25, -0.2) is 4.98 Å². The van der Waals surface area contributed by atoms with Gasteiger partial charge in [0.25, 0.3) is 5.91 Å². The van der Waals surface area contributed by atoms with E-state index in [1.165, 1.54) is 6.20 Å². The summed E-state index contributed by atoms with van der Waals surface area (Å²) in [7, 11) is 0. The minimum absolute atomic E-state index is 0.0909. The van der Waals surface area contributed by atoms with Gasteiger partial charge in [-0.2, -0.15) is 0 Å². The van der Waals surface area contributed by atoms with Gasteiger partial charge >= 0.3 is 0 Å². The summed E-state index contributed by atoms with van der Waals surface area (Å²) in [4.78, 5) is 15.9. The van der Waals surface area contributed by atoms with E-state index in [0.717, 1.165) is 0 Å². The Bertz CT molecular complexity index is 555. The van der Waals surface area contributed by atoms with Gasteiger partial charge in [0.2, 0.25) is 0 Å². The number of nitrogens with zero attached hydrogens (tertiary/aromatic N) is 1. The van der Waals surface area contributed by atoms with Crippen LogP contribution in [-0.2, 0) is 6.61 Å². The van der Waals surface area contributed by atoms with Crippen LogP contribution < -0.4 is 5.32 Å². The highest BCUT2D eigenvalue weighted by Crippen LogP contribution is 2.12. The van der Waals surface area contributed by atoms with Crippen molar-refractivity contribution in [3.8, 4) is 0 Å². The molecule has 0 saturated heterocycles. The Kier molecular flexibility index (Phi) is 3.92. The molecular formula is C13H11ClN2O2. The molecule has 5 heteroatoms. The van der Waals surface area contributed by atoms with Gasteiger partial charge in [-0.3, -0.25) is 4.79 Å². The number of aliphatic hydroxyl groups excluding tert-OH is 1. The predicted octanol–water partition coefficient (Wildman–Crippen LogP) is 2.48. The summed E-state index contributed by atoms with van der Waals surface area (Å²) < 4.78 is 0. The maximum absolute atomic E-state index is 11.9. The monoisotopic (exact) mass is 262 g/mol. The van der Waals surface area contributed by atoms with Crippen LogP contribution in [0.15, 0.2) is 42.6 Å². The summed E-state index contributed by atoms with van der Waals surface area (Å²) in [6.45, 7) is -0.0909. The second-order valence-corrected chi connectivity index (χ2v) is 4.10. The highest BCUT2D eigenvalue weighted by atomic mass is 35.5. The van der Waals surface area contributed by atoms with Crippen LogP contribution >= 0.6 is 11.6 Å². The number of anilines is 1. The van der Waals surface area contributed by atoms with E-state index < -0.39 is 0 Å². The molecule has 0 aliphatic heterocycles. The molecule has 1 aromatic heterocycles. The Hall–Kier alpha value is -1.91. The quantitative estimate of drug-likeness (QED) is 0.893. The van der Waals surface area contributed by atoms with E-state index in [-0.39, 0.29) is 12.5 Å². The highest BCUT2D eigenvalue weighted by molar-refractivity contribution is 6.30. The lowest BCUT2D eigenvalue weighted by molar-refractivity contribution is 0.102. The van der Waals surface area contributed by atoms with Crippen LogP contribution in [0.3, 0.4) is 0 Å². The number of benzene rings is 1. The van der Waals surface area contributed by atoms with E-state index in [2.05, 4.69) is 10.3 Å². The normalized spacial score (nSPS) is 10.1. The number of carbonyl (C=O) groups is 1. The number of aromatic nitrogens is 1. The first-order valence-corrected chi connectivity index (χ1v) is 5.69. The molecule has 0 aliphatic carbocycles. The fraction of sp³-hybridized carbons (Fsp3) is 0.0769. The third-order valence-corrected chi connectivity index (χ3v) is 2.61. The van der Waals surface area contributed by atoms with Crippen molar-refractivity contribution in [2.24, 2.45) is 0 Å². The van der Waals surface area contributed by atoms with Gasteiger partial charge in [0.05, 0.1) is 6.61 Å². The van der Waals surface area contributed by atoms with E-state index in [9.17, 15) is 4.79 Å². The van der Waals surface area contributed by atoms with Crippen LogP contribution in [0.5, 0.6) is 0 Å². The SMILES string of the molecule is O=C(Nc1cc(CO)ccn1)c1ccc(Cl)cc1. The number of carbonyl (C=O) groups excluding carboxylic acids is 1. The average molecular weight is 263 g/mol. The van der Waals surface area contributed by atoms with Crippen molar-refractivity contribution < 1.29 is 9.90 Å². The maximum Gasteiger partial charge on any atom is 0.256 e. The number of rotatable bonds is 3. The second kappa shape index (κ2) is 5.62. The first kappa shape index (κ1) is 12.5. The smallest absolute Gasteiger partial charge is 0.256 e. The van der Waals surface area contributed by atoms with Gasteiger partial charge in [0.15, 0.2) is 0 Å². The molecule has 0 saturated carbocycles. The standard InChI is InChI=1S/C13H11ClN2O2/c14-11-3-1-10(2-4-11)13(18)16-12-7-9(8-17)5-6-15-12/h1-7,17H,8H2,(H,15,16,18). The van der Waals surface area contributed by atoms with Crippen LogP contribution in [0.1, 0.15) is 15.9 Å². The third kappa shape index (κ3) is 3.06. The van der Waals surface area contributed by atoms with Crippen LogP contribution in [0.4, 0.5) is 5.82 Å². The van der Waals surface area contributed by atoms with E-state index in [4.69, 9.17) is 16.7 Å². The summed E-state index contributed by atoms with van der Waals surface area (Å²) >= 11 is 5.74. The number of hydrogen-bond acceptors (Lipinski definition) is 3. The second-order valence-electron chi connectivity index (χ2n) is 3.67. The first-order chi connectivity index (χ1) is 8.69. The Balaban J connectivity index is 2.13. The van der Waals surface area contributed by atoms with Crippen molar-refractivity contribution in [1.29, 1.82) is 0 Å². The zero-order valence-corrected chi connectivity index (χ0v) is 10.2. The van der Waals surface area contributed by atoms with Gasteiger partial charge in [-0.1, -0.05) is 11.6 Å². The molecule has 92 valence electrons. The molecule has 2 rings (SSSR count). The lowest BCUT2D eigenvalue weighted by Gasteiger charge is -2.05. The molecule has 2 N–H and O–H groups in total. The molecule has 1 aromatic carbocycles. The minimum atomic E-state index is -0.269. The first-order valence-electron chi connectivity index (χ1n) is 5.32. The average Bonchev–Trinajstić information content (AvgIpc) is 2.39. The van der Waals surface area contributed by atoms with Crippen molar-refractivity contribution in [2.45, 2.75) is 6.61 Å². The summed E-state index contributed by atoms with van der Waals surface area (Å²) in [6, 6.07) is 9.86. The molecule has 0 bridgehead atoms. The Morgan fingerprint density at radius 2 is 2.00 bits per heavy atom. The Morgan fingerprint density at radius 3 is 2.67 bits per heavy atom. The van der Waals surface area contributed by atoms with Gasteiger partial charge < -0.3 is 10.4 Å². The molecule has 0 atom stereocenters. The molecular weight excluding hydrogens is 252 g/mol. The van der Waals surface area contributed by atoms with E-state index in [1.807, 2.05) is 0 Å². The van der Waals surface area contributed by atoms with Crippen LogP contribution in [0.25, 0.3) is 0 Å². The molecule has 1 amide bonds. The number of pyridine rings is 1. The molecule has 0 unspecified atom stereocenters. The fourth-order valence-corrected chi connectivity index (χ4v) is 1.56. The zero-order valence-electron chi connectivity index (χ0n) is 9.43. The fourth-order valence-electron chi connectivity index (χ4n) is 1.43. The largest absolute Gasteiger partial charge is 0.392 e. The topological polar surface area (TPSA) is 62.2 Å². The molecule has 0 radical (unpaired) electrons. The van der Waals surface area contributed by atoms with Gasteiger partial charge in [-0.15, -0.1) is 0 Å². The van der Waals surface area contributed by atoms with Gasteiger partial charge in [0.1, 0.15) is 5.82 Å². The van der Waals surface area contributed by atoms with Crippen molar-refractivity contribution >= 4 is 23.3 Å². The van der Waals surface area contributed by atoms with Gasteiger partial charge in [0, 0.05) is 16.8 Å². The molecule has 0 spiro atoms. The lowest BCUT2D eigenvalue weighted by Crippen LogP contribution is -2.12. The Morgan fingerprint density at radius 1 is 1.28 bits per heavy atom. The van der Waals surface area contributed by atoms with Crippen LogP contribution in [0, 0.1) is 0 Å². The summed E-state index contributed by atoms with van der Waals surface area (Å²) in [5.74, 6) is 0.135. The molecule has 2 aromatic rings.